The molecule has 0 spiro atoms. The number of halogens is 1. The van der Waals surface area contributed by atoms with Gasteiger partial charge in [-0.05, 0) is 54.3 Å². The van der Waals surface area contributed by atoms with Crippen LogP contribution in [0.2, 0.25) is 0 Å². The quantitative estimate of drug-likeness (QED) is 0.177. The van der Waals surface area contributed by atoms with Gasteiger partial charge in [0.05, 0.1) is 33.3 Å². The zero-order valence-corrected chi connectivity index (χ0v) is 25.7. The molecule has 45 heavy (non-hydrogen) atoms. The highest BCUT2D eigenvalue weighted by molar-refractivity contribution is 9.10. The SMILES string of the molecule is CC1(C)CC(=O)C2=C(C1)n1c(=O)c3ccccc3c(=O)n1C2c1cc(Br)ccc1OCc1cn(-c2ccc([N+](=O)[O-])cc2)nn1. The fourth-order valence-corrected chi connectivity index (χ4v) is 6.59. The topological polar surface area (TPSA) is 144 Å². The Hall–Kier alpha value is -5.17. The van der Waals surface area contributed by atoms with E-state index < -0.39 is 16.4 Å². The number of allylic oxidation sites excluding steroid dienone is 2. The van der Waals surface area contributed by atoms with E-state index in [-0.39, 0.29) is 41.0 Å². The summed E-state index contributed by atoms with van der Waals surface area (Å²) in [6.45, 7) is 3.96. The average molecular weight is 669 g/mol. The number of fused-ring (bicyclic) bond motifs is 3. The highest BCUT2D eigenvalue weighted by Crippen LogP contribution is 2.48. The molecule has 0 N–H and O–H groups in total. The summed E-state index contributed by atoms with van der Waals surface area (Å²) < 4.78 is 11.2. The third-order valence-corrected chi connectivity index (χ3v) is 8.68. The van der Waals surface area contributed by atoms with Gasteiger partial charge in [-0.2, -0.15) is 0 Å². The monoisotopic (exact) mass is 668 g/mol. The smallest absolute Gasteiger partial charge is 0.277 e. The molecule has 2 aromatic heterocycles. The molecular weight excluding hydrogens is 644 g/mol. The Labute approximate surface area is 263 Å². The number of nitro benzene ring substituents is 1. The minimum atomic E-state index is -0.892. The van der Waals surface area contributed by atoms with Crippen molar-refractivity contribution < 1.29 is 14.5 Å². The van der Waals surface area contributed by atoms with Crippen molar-refractivity contribution in [2.75, 3.05) is 0 Å². The Balaban J connectivity index is 1.31. The molecule has 12 nitrogen and oxygen atoms in total. The van der Waals surface area contributed by atoms with Crippen LogP contribution in [0.4, 0.5) is 5.69 Å². The second kappa shape index (κ2) is 10.5. The summed E-state index contributed by atoms with van der Waals surface area (Å²) in [4.78, 5) is 52.4. The summed E-state index contributed by atoms with van der Waals surface area (Å²) in [7, 11) is 0. The van der Waals surface area contributed by atoms with Crippen molar-refractivity contribution in [1.29, 1.82) is 0 Å². The van der Waals surface area contributed by atoms with Crippen molar-refractivity contribution in [3.05, 3.63) is 125 Å². The van der Waals surface area contributed by atoms with E-state index in [1.165, 1.54) is 26.2 Å². The molecule has 5 aromatic rings. The number of rotatable bonds is 6. The van der Waals surface area contributed by atoms with Gasteiger partial charge in [0.25, 0.3) is 16.8 Å². The van der Waals surface area contributed by atoms with Gasteiger partial charge >= 0.3 is 0 Å². The maximum atomic E-state index is 14.1. The first kappa shape index (κ1) is 28.6. The van der Waals surface area contributed by atoms with Crippen LogP contribution in [-0.4, -0.2) is 35.1 Å². The summed E-state index contributed by atoms with van der Waals surface area (Å²) in [5, 5.41) is 19.9. The van der Waals surface area contributed by atoms with Gasteiger partial charge in [-0.15, -0.1) is 5.10 Å². The average Bonchev–Trinajstić information content (AvgIpc) is 3.62. The van der Waals surface area contributed by atoms with Crippen molar-refractivity contribution in [1.82, 2.24) is 24.4 Å². The Morgan fingerprint density at radius 1 is 1.00 bits per heavy atom. The van der Waals surface area contributed by atoms with E-state index in [1.807, 2.05) is 13.8 Å². The molecule has 3 heterocycles. The van der Waals surface area contributed by atoms with Gasteiger partial charge in [0.15, 0.2) is 5.78 Å². The van der Waals surface area contributed by atoms with Gasteiger partial charge in [0.1, 0.15) is 24.1 Å². The van der Waals surface area contributed by atoms with Crippen LogP contribution < -0.4 is 15.9 Å². The van der Waals surface area contributed by atoms with E-state index in [4.69, 9.17) is 4.74 Å². The van der Waals surface area contributed by atoms with E-state index in [0.717, 1.165) is 0 Å². The lowest BCUT2D eigenvalue weighted by molar-refractivity contribution is -0.384. The number of carbonyl (C=O) groups is 1. The lowest BCUT2D eigenvalue weighted by Crippen LogP contribution is -2.37. The number of ketones is 1. The largest absolute Gasteiger partial charge is 0.487 e. The summed E-state index contributed by atoms with van der Waals surface area (Å²) in [5.41, 5.74) is 1.37. The molecule has 2 aliphatic rings. The van der Waals surface area contributed by atoms with Crippen LogP contribution in [0.3, 0.4) is 0 Å². The molecule has 3 aromatic carbocycles. The Bertz CT molecular complexity index is 2210. The zero-order valence-electron chi connectivity index (χ0n) is 24.1. The molecule has 1 aliphatic carbocycles. The zero-order chi connectivity index (χ0) is 31.6. The first-order valence-corrected chi connectivity index (χ1v) is 14.9. The van der Waals surface area contributed by atoms with Crippen molar-refractivity contribution in [3.8, 4) is 11.4 Å². The van der Waals surface area contributed by atoms with Crippen molar-refractivity contribution >= 4 is 43.9 Å². The summed E-state index contributed by atoms with van der Waals surface area (Å²) >= 11 is 3.54. The molecule has 7 rings (SSSR count). The predicted octanol–water partition coefficient (Wildman–Crippen LogP) is 5.20. The van der Waals surface area contributed by atoms with Crippen molar-refractivity contribution in [2.24, 2.45) is 5.41 Å². The maximum absolute atomic E-state index is 14.1. The van der Waals surface area contributed by atoms with Crippen LogP contribution in [-0.2, 0) is 11.4 Å². The number of hydrogen-bond donors (Lipinski definition) is 0. The minimum Gasteiger partial charge on any atom is -0.487 e. The number of Topliss-reactive ketones (excluding diaryl/α,β-unsaturated/α-hetero) is 1. The highest BCUT2D eigenvalue weighted by atomic mass is 79.9. The van der Waals surface area contributed by atoms with Crippen molar-refractivity contribution in [3.63, 3.8) is 0 Å². The molecule has 1 aliphatic heterocycles. The number of ether oxygens (including phenoxy) is 1. The van der Waals surface area contributed by atoms with Gasteiger partial charge in [0, 0.05) is 34.2 Å². The normalized spacial score (nSPS) is 17.0. The number of carbonyl (C=O) groups excluding carboxylic acids is 1. The maximum Gasteiger partial charge on any atom is 0.277 e. The Morgan fingerprint density at radius 3 is 2.42 bits per heavy atom. The first-order chi connectivity index (χ1) is 21.5. The minimum absolute atomic E-state index is 0.000636. The molecule has 0 radical (unpaired) electrons. The third kappa shape index (κ3) is 4.79. The molecule has 0 saturated carbocycles. The third-order valence-electron chi connectivity index (χ3n) is 8.18. The van der Waals surface area contributed by atoms with Gasteiger partial charge < -0.3 is 4.74 Å². The molecule has 0 amide bonds. The van der Waals surface area contributed by atoms with Crippen LogP contribution >= 0.6 is 15.9 Å². The molecule has 1 atom stereocenters. The molecule has 1 unspecified atom stereocenters. The van der Waals surface area contributed by atoms with E-state index in [0.29, 0.717) is 50.2 Å². The number of hydrogen-bond acceptors (Lipinski definition) is 8. The summed E-state index contributed by atoms with van der Waals surface area (Å²) in [6.07, 6.45) is 2.36. The second-order valence-corrected chi connectivity index (χ2v) is 12.8. The van der Waals surface area contributed by atoms with E-state index >= 15 is 0 Å². The van der Waals surface area contributed by atoms with Crippen LogP contribution in [0.5, 0.6) is 5.75 Å². The van der Waals surface area contributed by atoms with E-state index in [2.05, 4.69) is 26.2 Å². The summed E-state index contributed by atoms with van der Waals surface area (Å²) in [6, 6.07) is 17.0. The van der Waals surface area contributed by atoms with Gasteiger partial charge in [-0.1, -0.05) is 47.1 Å². The van der Waals surface area contributed by atoms with Gasteiger partial charge in [-0.25, -0.2) is 14.0 Å². The Kier molecular flexibility index (Phi) is 6.66. The van der Waals surface area contributed by atoms with E-state index in [1.54, 1.807) is 60.8 Å². The number of aromatic nitrogens is 5. The molecule has 0 fully saturated rings. The van der Waals surface area contributed by atoms with Crippen LogP contribution in [0.25, 0.3) is 22.2 Å². The highest BCUT2D eigenvalue weighted by Gasteiger charge is 2.45. The van der Waals surface area contributed by atoms with Crippen molar-refractivity contribution in [2.45, 2.75) is 39.3 Å². The molecule has 0 saturated heterocycles. The van der Waals surface area contributed by atoms with Gasteiger partial charge in [-0.3, -0.25) is 24.5 Å². The Morgan fingerprint density at radius 2 is 1.71 bits per heavy atom. The fourth-order valence-electron chi connectivity index (χ4n) is 6.21. The number of nitro groups is 1. The fraction of sp³-hybridized carbons (Fsp3) is 0.219. The number of benzene rings is 3. The van der Waals surface area contributed by atoms with Crippen LogP contribution in [0.15, 0.2) is 92.6 Å². The lowest BCUT2D eigenvalue weighted by Gasteiger charge is -2.30. The predicted molar refractivity (Wildman–Crippen MR) is 168 cm³/mol. The number of non-ortho nitro benzene ring substituents is 1. The second-order valence-electron chi connectivity index (χ2n) is 11.9. The van der Waals surface area contributed by atoms with Crippen LogP contribution in [0.1, 0.15) is 44.0 Å². The van der Waals surface area contributed by atoms with Gasteiger partial charge in [0.2, 0.25) is 0 Å². The number of nitrogens with zero attached hydrogens (tertiary/aromatic N) is 6. The molecule has 0 bridgehead atoms. The van der Waals surface area contributed by atoms with E-state index in [9.17, 15) is 24.5 Å². The summed E-state index contributed by atoms with van der Waals surface area (Å²) in [5.74, 6) is 0.279. The first-order valence-electron chi connectivity index (χ1n) is 14.1. The standard InChI is InChI=1S/C32H25BrN6O6/c1-32(2)14-25-28(26(40)15-32)29(38-31(42)23-6-4-3-5-22(23)30(41)37(25)38)24-13-18(33)7-12-27(24)45-17-19-16-36(35-34-19)20-8-10-21(11-9-20)39(43)44/h3-13,16,29H,14-15,17H2,1-2H3. The molecule has 226 valence electrons. The molecular formula is C32H25BrN6O6. The molecule has 13 heteroatoms. The lowest BCUT2D eigenvalue weighted by atomic mass is 9.74. The van der Waals surface area contributed by atoms with Crippen LogP contribution in [0, 0.1) is 15.5 Å².